The molecule has 12 heteroatoms. The lowest BCUT2D eigenvalue weighted by atomic mass is 9.94. The Kier molecular flexibility index (Phi) is 10.3. The topological polar surface area (TPSA) is 60.1 Å². The largest absolute Gasteiger partial charge is 0.493 e. The van der Waals surface area contributed by atoms with Crippen LogP contribution in [0.3, 0.4) is 0 Å². The monoisotopic (exact) mass is 663 g/mol. The van der Waals surface area contributed by atoms with E-state index in [9.17, 15) is 18.0 Å². The number of carbonyl (C=O) groups is 1. The predicted octanol–water partition coefficient (Wildman–Crippen LogP) is 5.94. The smallest absolute Gasteiger partial charge is 0.416 e. The fraction of sp³-hybridized carbons (Fsp3) is 0.424. The number of nitrogens with zero attached hydrogens (tertiary/aromatic N) is 3. The molecule has 45 heavy (non-hydrogen) atoms. The third kappa shape index (κ3) is 7.42. The summed E-state index contributed by atoms with van der Waals surface area (Å²) in [5.74, 6) is -0.303. The van der Waals surface area contributed by atoms with Gasteiger partial charge in [-0.05, 0) is 68.5 Å². The molecule has 3 aromatic carbocycles. The van der Waals surface area contributed by atoms with Gasteiger partial charge in [-0.15, -0.1) is 0 Å². The van der Waals surface area contributed by atoms with Crippen molar-refractivity contribution in [3.8, 4) is 5.75 Å². The molecule has 0 saturated carbocycles. The minimum atomic E-state index is -4.58. The molecule has 2 heterocycles. The van der Waals surface area contributed by atoms with Gasteiger partial charge in [0.25, 0.3) is 5.91 Å². The number of hydrogen-bond acceptors (Lipinski definition) is 6. The van der Waals surface area contributed by atoms with E-state index in [4.69, 9.17) is 27.9 Å². The highest BCUT2D eigenvalue weighted by atomic mass is 35.5. The molecular weight excluding hydrogens is 626 g/mol. The molecule has 7 nitrogen and oxygen atoms in total. The molecule has 2 fully saturated rings. The highest BCUT2D eigenvalue weighted by Gasteiger charge is 2.54. The van der Waals surface area contributed by atoms with Crippen molar-refractivity contribution in [1.82, 2.24) is 25.3 Å². The van der Waals surface area contributed by atoms with Crippen LogP contribution in [0.25, 0.3) is 0 Å². The number of carbonyl (C=O) groups excluding carboxylic acids is 1. The molecule has 2 aliphatic rings. The van der Waals surface area contributed by atoms with Crippen molar-refractivity contribution < 1.29 is 22.7 Å². The molecule has 0 spiro atoms. The second-order valence-corrected chi connectivity index (χ2v) is 12.5. The maximum atomic E-state index is 14.9. The first-order valence-corrected chi connectivity index (χ1v) is 15.7. The Morgan fingerprint density at radius 3 is 1.91 bits per heavy atom. The Hall–Kier alpha value is -2.86. The Morgan fingerprint density at radius 1 is 0.911 bits per heavy atom. The summed E-state index contributed by atoms with van der Waals surface area (Å²) in [5.41, 5.74) is -0.490. The van der Waals surface area contributed by atoms with Crippen LogP contribution in [0.4, 0.5) is 13.2 Å². The summed E-state index contributed by atoms with van der Waals surface area (Å²) in [5, 5.41) is 8.25. The average molecular weight is 665 g/mol. The first-order chi connectivity index (χ1) is 21.4. The Labute approximate surface area is 272 Å². The molecule has 2 aliphatic heterocycles. The van der Waals surface area contributed by atoms with Crippen molar-refractivity contribution >= 4 is 29.1 Å². The highest BCUT2D eigenvalue weighted by Crippen LogP contribution is 2.46. The van der Waals surface area contributed by atoms with E-state index in [2.05, 4.69) is 20.4 Å². The molecule has 3 aromatic rings. The predicted molar refractivity (Wildman–Crippen MR) is 171 cm³/mol. The average Bonchev–Trinajstić information content (AvgIpc) is 3.42. The van der Waals surface area contributed by atoms with Crippen LogP contribution in [-0.4, -0.2) is 80.6 Å². The summed E-state index contributed by atoms with van der Waals surface area (Å²) in [7, 11) is 4.05. The number of alkyl halides is 3. The Balaban J connectivity index is 1.61. The fourth-order valence-electron chi connectivity index (χ4n) is 6.00. The van der Waals surface area contributed by atoms with Crippen LogP contribution >= 0.6 is 23.2 Å². The summed E-state index contributed by atoms with van der Waals surface area (Å²) in [4.78, 5) is 21.1. The SMILES string of the molecule is CCOc1cc(C(F)(F)F)ccc1C1(C(=O)N2CCN(CCN(C)C)CC2)NC(c2ccc(Cl)cc2)C(c2ccc(Cl)cc2)N1. The number of hydrogen-bond donors (Lipinski definition) is 2. The molecule has 0 radical (unpaired) electrons. The molecule has 1 amide bonds. The zero-order chi connectivity index (χ0) is 32.4. The lowest BCUT2D eigenvalue weighted by Crippen LogP contribution is -2.62. The van der Waals surface area contributed by atoms with E-state index in [-0.39, 0.29) is 23.8 Å². The maximum absolute atomic E-state index is 14.9. The first-order valence-electron chi connectivity index (χ1n) is 15.0. The van der Waals surface area contributed by atoms with E-state index < -0.39 is 29.5 Å². The van der Waals surface area contributed by atoms with Gasteiger partial charge in [-0.3, -0.25) is 20.3 Å². The molecule has 2 atom stereocenters. The number of piperazine rings is 1. The van der Waals surface area contributed by atoms with Crippen LogP contribution < -0.4 is 15.4 Å². The third-order valence-corrected chi connectivity index (χ3v) is 8.90. The minimum Gasteiger partial charge on any atom is -0.493 e. The van der Waals surface area contributed by atoms with Gasteiger partial charge in [0.2, 0.25) is 0 Å². The van der Waals surface area contributed by atoms with Crippen LogP contribution in [0.1, 0.15) is 41.3 Å². The second kappa shape index (κ2) is 13.9. The van der Waals surface area contributed by atoms with Crippen molar-refractivity contribution in [2.45, 2.75) is 30.8 Å². The molecular formula is C33H38Cl2F3N5O2. The van der Waals surface area contributed by atoms with Crippen LogP contribution in [-0.2, 0) is 16.6 Å². The first kappa shape index (κ1) is 33.5. The van der Waals surface area contributed by atoms with E-state index in [1.54, 1.807) is 36.1 Å². The molecule has 2 saturated heterocycles. The molecule has 0 aromatic heterocycles. The van der Waals surface area contributed by atoms with Gasteiger partial charge in [0, 0.05) is 54.9 Å². The number of ether oxygens (including phenoxy) is 1. The third-order valence-electron chi connectivity index (χ3n) is 8.39. The summed E-state index contributed by atoms with van der Waals surface area (Å²) in [6.07, 6.45) is -4.58. The van der Waals surface area contributed by atoms with Crippen molar-refractivity contribution in [2.75, 3.05) is 60.0 Å². The normalized spacial score (nSPS) is 22.6. The Bertz CT molecular complexity index is 1410. The number of halogens is 5. The van der Waals surface area contributed by atoms with Gasteiger partial charge in [0.1, 0.15) is 5.75 Å². The van der Waals surface area contributed by atoms with Gasteiger partial charge >= 0.3 is 6.18 Å². The second-order valence-electron chi connectivity index (χ2n) is 11.7. The molecule has 2 unspecified atom stereocenters. The Morgan fingerprint density at radius 2 is 1.44 bits per heavy atom. The van der Waals surface area contributed by atoms with E-state index in [1.165, 1.54) is 6.07 Å². The van der Waals surface area contributed by atoms with E-state index in [0.717, 1.165) is 36.3 Å². The van der Waals surface area contributed by atoms with Crippen molar-refractivity contribution in [2.24, 2.45) is 0 Å². The highest BCUT2D eigenvalue weighted by molar-refractivity contribution is 6.30. The van der Waals surface area contributed by atoms with Gasteiger partial charge in [-0.25, -0.2) is 0 Å². The minimum absolute atomic E-state index is 0.0168. The van der Waals surface area contributed by atoms with Gasteiger partial charge < -0.3 is 14.5 Å². The van der Waals surface area contributed by atoms with Crippen LogP contribution in [0.15, 0.2) is 66.7 Å². The van der Waals surface area contributed by atoms with E-state index in [0.29, 0.717) is 36.2 Å². The zero-order valence-electron chi connectivity index (χ0n) is 25.5. The van der Waals surface area contributed by atoms with E-state index >= 15 is 0 Å². The standard InChI is InChI=1S/C33H38Cl2F3N5O2/c1-4-45-28-21-24(33(36,37)38)9-14-27(28)32(31(44)43-19-17-42(18-20-43)16-15-41(2)3)39-29(22-5-10-25(34)11-6-22)30(40-32)23-7-12-26(35)13-8-23/h5-14,21,29-30,39-40H,4,15-20H2,1-3H3. The van der Waals surface area contributed by atoms with Gasteiger partial charge in [-0.1, -0.05) is 53.5 Å². The molecule has 5 rings (SSSR count). The maximum Gasteiger partial charge on any atom is 0.416 e. The molecule has 0 aliphatic carbocycles. The number of amides is 1. The molecule has 0 bridgehead atoms. The lowest BCUT2D eigenvalue weighted by Gasteiger charge is -2.41. The fourth-order valence-corrected chi connectivity index (χ4v) is 6.25. The lowest BCUT2D eigenvalue weighted by molar-refractivity contribution is -0.141. The van der Waals surface area contributed by atoms with Crippen LogP contribution in [0, 0.1) is 0 Å². The number of likely N-dealkylation sites (N-methyl/N-ethyl adjacent to an activating group) is 1. The van der Waals surface area contributed by atoms with Crippen LogP contribution in [0.2, 0.25) is 10.0 Å². The summed E-state index contributed by atoms with van der Waals surface area (Å²) >= 11 is 12.5. The van der Waals surface area contributed by atoms with Crippen LogP contribution in [0.5, 0.6) is 5.75 Å². The number of nitrogens with one attached hydrogen (secondary N) is 2. The van der Waals surface area contributed by atoms with Gasteiger partial charge in [0.15, 0.2) is 5.66 Å². The van der Waals surface area contributed by atoms with Gasteiger partial charge in [-0.2, -0.15) is 13.2 Å². The molecule has 242 valence electrons. The zero-order valence-corrected chi connectivity index (χ0v) is 27.0. The number of rotatable bonds is 9. The number of benzene rings is 3. The summed E-state index contributed by atoms with van der Waals surface area (Å²) < 4.78 is 47.4. The van der Waals surface area contributed by atoms with E-state index in [1.807, 2.05) is 38.4 Å². The van der Waals surface area contributed by atoms with Crippen molar-refractivity contribution in [3.63, 3.8) is 0 Å². The van der Waals surface area contributed by atoms with Gasteiger partial charge in [0.05, 0.1) is 24.3 Å². The quantitative estimate of drug-likeness (QED) is 0.295. The summed E-state index contributed by atoms with van der Waals surface area (Å²) in [6, 6.07) is 17.0. The summed E-state index contributed by atoms with van der Waals surface area (Å²) in [6.45, 7) is 5.90. The molecule has 2 N–H and O–H groups in total. The van der Waals surface area contributed by atoms with Crippen molar-refractivity contribution in [3.05, 3.63) is 99.0 Å². The van der Waals surface area contributed by atoms with Crippen molar-refractivity contribution in [1.29, 1.82) is 0 Å².